The van der Waals surface area contributed by atoms with Gasteiger partial charge in [0.15, 0.2) is 0 Å². The van der Waals surface area contributed by atoms with Gasteiger partial charge in [0.05, 0.1) is 0 Å². The molecule has 0 atom stereocenters. The summed E-state index contributed by atoms with van der Waals surface area (Å²) in [6.45, 7) is 2.29. The van der Waals surface area contributed by atoms with Crippen LogP contribution in [0.5, 0.6) is 0 Å². The van der Waals surface area contributed by atoms with Gasteiger partial charge in [-0.1, -0.05) is 35.2 Å². The van der Waals surface area contributed by atoms with Crippen molar-refractivity contribution in [2.45, 2.75) is 38.6 Å². The molecule has 0 N–H and O–H groups in total. The quantitative estimate of drug-likeness (QED) is 0.613. The van der Waals surface area contributed by atoms with Gasteiger partial charge >= 0.3 is 0 Å². The van der Waals surface area contributed by atoms with E-state index in [-0.39, 0.29) is 0 Å². The minimum atomic E-state index is 0.515. The molecule has 0 saturated heterocycles. The molecule has 4 heteroatoms. The lowest BCUT2D eigenvalue weighted by atomic mass is 9.75. The fourth-order valence-electron chi connectivity index (χ4n) is 2.97. The summed E-state index contributed by atoms with van der Waals surface area (Å²) in [7, 11) is 2.26. The summed E-state index contributed by atoms with van der Waals surface area (Å²) < 4.78 is 1.21. The highest BCUT2D eigenvalue weighted by Crippen LogP contribution is 2.38. The van der Waals surface area contributed by atoms with Gasteiger partial charge in [0, 0.05) is 33.1 Å². The van der Waals surface area contributed by atoms with Crippen LogP contribution in [0.2, 0.25) is 0 Å². The molecule has 1 aromatic rings. The van der Waals surface area contributed by atoms with Crippen LogP contribution in [0.25, 0.3) is 0 Å². The van der Waals surface area contributed by atoms with Crippen LogP contribution >= 0.6 is 43.2 Å². The zero-order chi connectivity index (χ0) is 13.0. The lowest BCUT2D eigenvalue weighted by molar-refractivity contribution is 0.142. The van der Waals surface area contributed by atoms with Crippen molar-refractivity contribution >= 4 is 43.2 Å². The summed E-state index contributed by atoms with van der Waals surface area (Å²) >= 11 is 9.13. The van der Waals surface area contributed by atoms with Crippen molar-refractivity contribution in [3.8, 4) is 0 Å². The van der Waals surface area contributed by atoms with E-state index in [0.29, 0.717) is 5.41 Å². The Labute approximate surface area is 131 Å². The zero-order valence-corrected chi connectivity index (χ0v) is 14.9. The van der Waals surface area contributed by atoms with Gasteiger partial charge in [0.2, 0.25) is 0 Å². The maximum Gasteiger partial charge on any atom is 0.0325 e. The van der Waals surface area contributed by atoms with Crippen LogP contribution in [-0.2, 0) is 6.54 Å². The maximum absolute atomic E-state index is 3.75. The minimum Gasteiger partial charge on any atom is -0.301 e. The van der Waals surface area contributed by atoms with Crippen LogP contribution in [0, 0.1) is 5.41 Å². The van der Waals surface area contributed by atoms with E-state index in [0.717, 1.165) is 11.9 Å². The molecular weight excluding hydrogens is 374 g/mol. The molecular formula is C14H21Br2NS. The summed E-state index contributed by atoms with van der Waals surface area (Å²) in [5, 5.41) is 3.32. The smallest absolute Gasteiger partial charge is 0.0325 e. The number of hydrogen-bond donors (Lipinski definition) is 0. The van der Waals surface area contributed by atoms with Crippen molar-refractivity contribution in [2.24, 2.45) is 5.41 Å². The summed E-state index contributed by atoms with van der Waals surface area (Å²) in [4.78, 5) is 3.94. The van der Waals surface area contributed by atoms with Gasteiger partial charge in [-0.3, -0.25) is 0 Å². The summed E-state index contributed by atoms with van der Waals surface area (Å²) in [5.74, 6) is 0. The Bertz CT molecular complexity index is 372. The van der Waals surface area contributed by atoms with E-state index in [1.807, 2.05) is 11.3 Å². The van der Waals surface area contributed by atoms with Crippen LogP contribution in [0.15, 0.2) is 15.9 Å². The molecule has 102 valence electrons. The molecule has 1 heterocycles. The van der Waals surface area contributed by atoms with E-state index in [4.69, 9.17) is 0 Å². The first-order valence-electron chi connectivity index (χ1n) is 6.61. The van der Waals surface area contributed by atoms with Crippen molar-refractivity contribution in [2.75, 3.05) is 18.9 Å². The third-order valence-electron chi connectivity index (χ3n) is 3.85. The Morgan fingerprint density at radius 3 is 2.61 bits per heavy atom. The third kappa shape index (κ3) is 4.06. The van der Waals surface area contributed by atoms with Gasteiger partial charge in [-0.25, -0.2) is 0 Å². The van der Waals surface area contributed by atoms with Gasteiger partial charge in [-0.15, -0.1) is 11.3 Å². The van der Waals surface area contributed by atoms with Crippen molar-refractivity contribution < 1.29 is 0 Å². The molecule has 1 aliphatic rings. The van der Waals surface area contributed by atoms with Gasteiger partial charge in [-0.05, 0) is 47.3 Å². The Kier molecular flexibility index (Phi) is 5.73. The van der Waals surface area contributed by atoms with E-state index in [2.05, 4.69) is 55.3 Å². The van der Waals surface area contributed by atoms with E-state index >= 15 is 0 Å². The molecule has 0 spiro atoms. The molecule has 2 rings (SSSR count). The molecule has 0 aromatic carbocycles. The van der Waals surface area contributed by atoms with Crippen molar-refractivity contribution in [3.63, 3.8) is 0 Å². The van der Waals surface area contributed by atoms with E-state index in [1.54, 1.807) is 0 Å². The number of alkyl halides is 1. The van der Waals surface area contributed by atoms with Crippen molar-refractivity contribution in [1.82, 2.24) is 4.90 Å². The molecule has 1 nitrogen and oxygen atoms in total. The second-order valence-electron chi connectivity index (χ2n) is 5.60. The zero-order valence-electron chi connectivity index (χ0n) is 10.9. The highest BCUT2D eigenvalue weighted by molar-refractivity contribution is 9.10. The molecule has 0 radical (unpaired) electrons. The average Bonchev–Trinajstić information content (AvgIpc) is 2.75. The topological polar surface area (TPSA) is 3.24 Å². The molecule has 1 saturated carbocycles. The first-order valence-corrected chi connectivity index (χ1v) is 9.40. The predicted molar refractivity (Wildman–Crippen MR) is 87.7 cm³/mol. The third-order valence-corrected chi connectivity index (χ3v) is 6.72. The summed E-state index contributed by atoms with van der Waals surface area (Å²) in [6, 6.07) is 2.24. The van der Waals surface area contributed by atoms with Gasteiger partial charge < -0.3 is 4.90 Å². The fraction of sp³-hybridized carbons (Fsp3) is 0.714. The summed E-state index contributed by atoms with van der Waals surface area (Å²) in [6.07, 6.45) is 7.01. The predicted octanol–water partition coefficient (Wildman–Crippen LogP) is 5.29. The lowest BCUT2D eigenvalue weighted by Gasteiger charge is -2.38. The molecule has 0 bridgehead atoms. The molecule has 1 aliphatic carbocycles. The molecule has 18 heavy (non-hydrogen) atoms. The largest absolute Gasteiger partial charge is 0.301 e. The van der Waals surface area contributed by atoms with Crippen LogP contribution < -0.4 is 0 Å². The fourth-order valence-corrected chi connectivity index (χ4v) is 5.24. The highest BCUT2D eigenvalue weighted by atomic mass is 79.9. The standard InChI is InChI=1S/C14H21Br2NS/c1-17(8-13-7-12(16)9-18-13)11-14(10-15)5-3-2-4-6-14/h7,9H,2-6,8,10-11H2,1H3. The Balaban J connectivity index is 1.90. The van der Waals surface area contributed by atoms with E-state index in [1.165, 1.54) is 48.0 Å². The van der Waals surface area contributed by atoms with Crippen LogP contribution in [0.3, 0.4) is 0 Å². The van der Waals surface area contributed by atoms with Crippen LogP contribution in [-0.4, -0.2) is 23.8 Å². The monoisotopic (exact) mass is 393 g/mol. The number of hydrogen-bond acceptors (Lipinski definition) is 2. The number of nitrogens with zero attached hydrogens (tertiary/aromatic N) is 1. The van der Waals surface area contributed by atoms with Crippen molar-refractivity contribution in [1.29, 1.82) is 0 Å². The average molecular weight is 395 g/mol. The van der Waals surface area contributed by atoms with Gasteiger partial charge in [0.1, 0.15) is 0 Å². The van der Waals surface area contributed by atoms with Gasteiger partial charge in [0.25, 0.3) is 0 Å². The molecule has 0 unspecified atom stereocenters. The second kappa shape index (κ2) is 6.87. The summed E-state index contributed by atoms with van der Waals surface area (Å²) in [5.41, 5.74) is 0.515. The number of halogens is 2. The maximum atomic E-state index is 3.75. The van der Waals surface area contributed by atoms with Crippen LogP contribution in [0.4, 0.5) is 0 Å². The lowest BCUT2D eigenvalue weighted by Crippen LogP contribution is -2.38. The first kappa shape index (κ1) is 15.0. The Morgan fingerprint density at radius 2 is 2.06 bits per heavy atom. The van der Waals surface area contributed by atoms with Crippen molar-refractivity contribution in [3.05, 3.63) is 20.8 Å². The molecule has 1 aromatic heterocycles. The Hall–Kier alpha value is 0.620. The Morgan fingerprint density at radius 1 is 1.33 bits per heavy atom. The number of rotatable bonds is 5. The molecule has 1 fully saturated rings. The number of thiophene rings is 1. The minimum absolute atomic E-state index is 0.515. The van der Waals surface area contributed by atoms with Gasteiger partial charge in [-0.2, -0.15) is 0 Å². The first-order chi connectivity index (χ1) is 8.63. The van der Waals surface area contributed by atoms with Crippen LogP contribution in [0.1, 0.15) is 37.0 Å². The normalized spacial score (nSPS) is 19.3. The second-order valence-corrected chi connectivity index (χ2v) is 8.07. The van der Waals surface area contributed by atoms with E-state index < -0.39 is 0 Å². The highest BCUT2D eigenvalue weighted by Gasteiger charge is 2.32. The molecule has 0 aliphatic heterocycles. The SMILES string of the molecule is CN(Cc1cc(Br)cs1)CC1(CBr)CCCCC1. The van der Waals surface area contributed by atoms with E-state index in [9.17, 15) is 0 Å². The molecule has 0 amide bonds.